The number of benzene rings is 2. The van der Waals surface area contributed by atoms with Gasteiger partial charge in [0.1, 0.15) is 11.4 Å². The van der Waals surface area contributed by atoms with Gasteiger partial charge in [-0.15, -0.1) is 5.10 Å². The summed E-state index contributed by atoms with van der Waals surface area (Å²) in [5, 5.41) is 19.0. The summed E-state index contributed by atoms with van der Waals surface area (Å²) in [5.41, 5.74) is 3.34. The molecule has 0 saturated heterocycles. The van der Waals surface area contributed by atoms with Gasteiger partial charge in [-0.1, -0.05) is 16.8 Å². The van der Waals surface area contributed by atoms with Crippen LogP contribution in [0, 0.1) is 17.0 Å². The van der Waals surface area contributed by atoms with Crippen LogP contribution in [0.5, 0.6) is 5.75 Å². The van der Waals surface area contributed by atoms with Crippen LogP contribution in [-0.4, -0.2) is 27.0 Å². The van der Waals surface area contributed by atoms with Crippen LogP contribution in [0.2, 0.25) is 0 Å². The maximum absolute atomic E-state index is 10.7. The normalized spacial score (nSPS) is 10.5. The second-order valence-corrected chi connectivity index (χ2v) is 5.03. The van der Waals surface area contributed by atoms with Gasteiger partial charge in [-0.25, -0.2) is 4.68 Å². The zero-order chi connectivity index (χ0) is 16.4. The van der Waals surface area contributed by atoms with E-state index in [0.717, 1.165) is 11.1 Å². The first-order valence-electron chi connectivity index (χ1n) is 6.90. The molecule has 3 aromatic rings. The third-order valence-electron chi connectivity index (χ3n) is 3.45. The van der Waals surface area contributed by atoms with E-state index in [9.17, 15) is 10.1 Å². The fraction of sp³-hybridized carbons (Fsp3) is 0.125. The Hall–Kier alpha value is -3.22. The molecule has 0 unspecified atom stereocenters. The molecule has 0 fully saturated rings. The standard InChI is InChI=1S/C16H14N4O3/c1-11-3-8-16(23-2)14(9-11)15-10-19(18-17-15)12-4-6-13(7-5-12)20(21)22/h3-10H,1-2H3. The monoisotopic (exact) mass is 310 g/mol. The average Bonchev–Trinajstić information content (AvgIpc) is 3.04. The third-order valence-corrected chi connectivity index (χ3v) is 3.45. The summed E-state index contributed by atoms with van der Waals surface area (Å²) in [6.07, 6.45) is 1.76. The van der Waals surface area contributed by atoms with Crippen molar-refractivity contribution in [3.05, 3.63) is 64.3 Å². The van der Waals surface area contributed by atoms with Crippen molar-refractivity contribution in [3.8, 4) is 22.7 Å². The molecule has 0 atom stereocenters. The van der Waals surface area contributed by atoms with E-state index in [1.165, 1.54) is 12.1 Å². The van der Waals surface area contributed by atoms with E-state index in [2.05, 4.69) is 10.3 Å². The van der Waals surface area contributed by atoms with Crippen LogP contribution in [0.15, 0.2) is 48.7 Å². The SMILES string of the molecule is COc1ccc(C)cc1-c1cn(-c2ccc([N+](=O)[O-])cc2)nn1. The van der Waals surface area contributed by atoms with Crippen molar-refractivity contribution in [2.75, 3.05) is 7.11 Å². The van der Waals surface area contributed by atoms with E-state index in [4.69, 9.17) is 4.74 Å². The predicted octanol–water partition coefficient (Wildman–Crippen LogP) is 3.16. The first-order valence-corrected chi connectivity index (χ1v) is 6.90. The van der Waals surface area contributed by atoms with Crippen molar-refractivity contribution in [1.29, 1.82) is 0 Å². The molecule has 7 nitrogen and oxygen atoms in total. The van der Waals surface area contributed by atoms with Crippen molar-refractivity contribution in [1.82, 2.24) is 15.0 Å². The molecule has 7 heteroatoms. The summed E-state index contributed by atoms with van der Waals surface area (Å²) in [7, 11) is 1.61. The molecule has 0 aliphatic heterocycles. The first-order chi connectivity index (χ1) is 11.1. The first kappa shape index (κ1) is 14.7. The average molecular weight is 310 g/mol. The number of methoxy groups -OCH3 is 1. The van der Waals surface area contributed by atoms with Crippen LogP contribution < -0.4 is 4.74 Å². The van der Waals surface area contributed by atoms with Crippen molar-refractivity contribution in [2.24, 2.45) is 0 Å². The van der Waals surface area contributed by atoms with Crippen molar-refractivity contribution in [3.63, 3.8) is 0 Å². The lowest BCUT2D eigenvalue weighted by atomic mass is 10.1. The van der Waals surface area contributed by atoms with Crippen molar-refractivity contribution >= 4 is 5.69 Å². The predicted molar refractivity (Wildman–Crippen MR) is 84.7 cm³/mol. The van der Waals surface area contributed by atoms with Gasteiger partial charge in [0.05, 0.1) is 23.9 Å². The van der Waals surface area contributed by atoms with Crippen LogP contribution >= 0.6 is 0 Å². The molecule has 0 aliphatic rings. The Morgan fingerprint density at radius 3 is 2.57 bits per heavy atom. The van der Waals surface area contributed by atoms with Gasteiger partial charge in [-0.3, -0.25) is 10.1 Å². The van der Waals surface area contributed by atoms with Gasteiger partial charge in [-0.05, 0) is 31.2 Å². The number of non-ortho nitro benzene ring substituents is 1. The molecule has 2 aromatic carbocycles. The van der Waals surface area contributed by atoms with Crippen LogP contribution in [-0.2, 0) is 0 Å². The second kappa shape index (κ2) is 5.88. The molecule has 0 radical (unpaired) electrons. The van der Waals surface area contributed by atoms with E-state index in [1.54, 1.807) is 30.1 Å². The Labute approximate surface area is 132 Å². The lowest BCUT2D eigenvalue weighted by Crippen LogP contribution is -1.95. The molecule has 23 heavy (non-hydrogen) atoms. The topological polar surface area (TPSA) is 83.1 Å². The molecule has 3 rings (SSSR count). The smallest absolute Gasteiger partial charge is 0.269 e. The molecule has 0 saturated carbocycles. The number of nitro benzene ring substituents is 1. The highest BCUT2D eigenvalue weighted by Gasteiger charge is 2.12. The van der Waals surface area contributed by atoms with Crippen LogP contribution in [0.3, 0.4) is 0 Å². The number of aryl methyl sites for hydroxylation is 1. The Bertz CT molecular complexity index is 856. The van der Waals surface area contributed by atoms with Crippen LogP contribution in [0.25, 0.3) is 16.9 Å². The minimum Gasteiger partial charge on any atom is -0.496 e. The lowest BCUT2D eigenvalue weighted by Gasteiger charge is -2.06. The minimum atomic E-state index is -0.436. The maximum Gasteiger partial charge on any atom is 0.269 e. The Balaban J connectivity index is 1.97. The molecule has 0 aliphatic carbocycles. The second-order valence-electron chi connectivity index (χ2n) is 5.03. The number of hydrogen-bond donors (Lipinski definition) is 0. The number of aromatic nitrogens is 3. The van der Waals surface area contributed by atoms with Crippen molar-refractivity contribution < 1.29 is 9.66 Å². The number of hydrogen-bond acceptors (Lipinski definition) is 5. The van der Waals surface area contributed by atoms with Gasteiger partial charge >= 0.3 is 0 Å². The highest BCUT2D eigenvalue weighted by atomic mass is 16.6. The van der Waals surface area contributed by atoms with Gasteiger partial charge in [0, 0.05) is 17.7 Å². The highest BCUT2D eigenvalue weighted by molar-refractivity contribution is 5.67. The molecule has 0 N–H and O–H groups in total. The fourth-order valence-corrected chi connectivity index (χ4v) is 2.26. The molecule has 1 heterocycles. The summed E-state index contributed by atoms with van der Waals surface area (Å²) < 4.78 is 6.93. The zero-order valence-corrected chi connectivity index (χ0v) is 12.6. The summed E-state index contributed by atoms with van der Waals surface area (Å²) in [6, 6.07) is 11.9. The molecule has 116 valence electrons. The summed E-state index contributed by atoms with van der Waals surface area (Å²) in [5.74, 6) is 0.714. The largest absolute Gasteiger partial charge is 0.496 e. The van der Waals surface area contributed by atoms with Gasteiger partial charge in [0.25, 0.3) is 5.69 Å². The van der Waals surface area contributed by atoms with E-state index in [0.29, 0.717) is 17.1 Å². The van der Waals surface area contributed by atoms with Crippen LogP contribution in [0.1, 0.15) is 5.56 Å². The molecule has 1 aromatic heterocycles. The highest BCUT2D eigenvalue weighted by Crippen LogP contribution is 2.29. The van der Waals surface area contributed by atoms with E-state index in [1.807, 2.05) is 25.1 Å². The van der Waals surface area contributed by atoms with E-state index < -0.39 is 4.92 Å². The van der Waals surface area contributed by atoms with Gasteiger partial charge < -0.3 is 4.74 Å². The number of ether oxygens (including phenoxy) is 1. The molecule has 0 bridgehead atoms. The Kier molecular flexibility index (Phi) is 3.76. The van der Waals surface area contributed by atoms with Crippen molar-refractivity contribution in [2.45, 2.75) is 6.92 Å². The Morgan fingerprint density at radius 2 is 1.91 bits per heavy atom. The van der Waals surface area contributed by atoms with E-state index in [-0.39, 0.29) is 5.69 Å². The minimum absolute atomic E-state index is 0.0365. The van der Waals surface area contributed by atoms with Gasteiger partial charge in [0.15, 0.2) is 0 Å². The molecule has 0 spiro atoms. The summed E-state index contributed by atoms with van der Waals surface area (Å²) in [4.78, 5) is 10.3. The fourth-order valence-electron chi connectivity index (χ4n) is 2.26. The summed E-state index contributed by atoms with van der Waals surface area (Å²) in [6.45, 7) is 1.99. The quantitative estimate of drug-likeness (QED) is 0.546. The molecular formula is C16H14N4O3. The summed E-state index contributed by atoms with van der Waals surface area (Å²) >= 11 is 0. The van der Waals surface area contributed by atoms with E-state index >= 15 is 0 Å². The Morgan fingerprint density at radius 1 is 1.17 bits per heavy atom. The number of nitro groups is 1. The van der Waals surface area contributed by atoms with Gasteiger partial charge in [-0.2, -0.15) is 0 Å². The number of nitrogens with zero attached hydrogens (tertiary/aromatic N) is 4. The molecular weight excluding hydrogens is 296 g/mol. The zero-order valence-electron chi connectivity index (χ0n) is 12.6. The lowest BCUT2D eigenvalue weighted by molar-refractivity contribution is -0.384. The third kappa shape index (κ3) is 2.89. The number of rotatable bonds is 4. The maximum atomic E-state index is 10.7. The molecule has 0 amide bonds. The van der Waals surface area contributed by atoms with Crippen LogP contribution in [0.4, 0.5) is 5.69 Å². The van der Waals surface area contributed by atoms with Gasteiger partial charge in [0.2, 0.25) is 0 Å².